The van der Waals surface area contributed by atoms with Gasteiger partial charge in [0.05, 0.1) is 18.1 Å². The third-order valence-electron chi connectivity index (χ3n) is 4.61. The van der Waals surface area contributed by atoms with Gasteiger partial charge in [0, 0.05) is 18.8 Å². The maximum atomic E-state index is 12.4. The molecule has 1 aliphatic heterocycles. The molecule has 3 heterocycles. The van der Waals surface area contributed by atoms with E-state index in [0.29, 0.717) is 29.2 Å². The Bertz CT molecular complexity index is 697. The van der Waals surface area contributed by atoms with Gasteiger partial charge in [-0.3, -0.25) is 4.98 Å². The van der Waals surface area contributed by atoms with E-state index in [9.17, 15) is 4.79 Å². The minimum absolute atomic E-state index is 0.160. The van der Waals surface area contributed by atoms with Gasteiger partial charge in [-0.25, -0.2) is 4.79 Å². The highest BCUT2D eigenvalue weighted by molar-refractivity contribution is 5.93. The largest absolute Gasteiger partial charge is 0.463 e. The summed E-state index contributed by atoms with van der Waals surface area (Å²) in [6.45, 7) is 0.719. The van der Waals surface area contributed by atoms with Crippen LogP contribution in [-0.2, 0) is 4.74 Å². The summed E-state index contributed by atoms with van der Waals surface area (Å²) in [5.74, 6) is 1.33. The van der Waals surface area contributed by atoms with Gasteiger partial charge in [-0.15, -0.1) is 0 Å². The number of rotatable bonds is 4. The molecule has 1 saturated carbocycles. The molecule has 6 nitrogen and oxygen atoms in total. The van der Waals surface area contributed by atoms with Crippen molar-refractivity contribution in [1.29, 1.82) is 0 Å². The summed E-state index contributed by atoms with van der Waals surface area (Å²) >= 11 is 0. The number of amides is 2. The monoisotopic (exact) mass is 327 g/mol. The predicted molar refractivity (Wildman–Crippen MR) is 89.6 cm³/mol. The van der Waals surface area contributed by atoms with Crippen molar-refractivity contribution in [3.8, 4) is 11.5 Å². The highest BCUT2D eigenvalue weighted by atomic mass is 16.5. The first-order valence-electron chi connectivity index (χ1n) is 8.47. The summed E-state index contributed by atoms with van der Waals surface area (Å²) in [6.07, 6.45) is 7.84. The zero-order valence-electron chi connectivity index (χ0n) is 13.4. The number of hydrogen-bond acceptors (Lipinski definition) is 4. The molecule has 126 valence electrons. The second kappa shape index (κ2) is 6.65. The first-order chi connectivity index (χ1) is 11.8. The summed E-state index contributed by atoms with van der Waals surface area (Å²) < 4.78 is 11.2. The average Bonchev–Trinajstić information content (AvgIpc) is 3.31. The van der Waals surface area contributed by atoms with Gasteiger partial charge in [-0.1, -0.05) is 0 Å². The van der Waals surface area contributed by atoms with E-state index in [4.69, 9.17) is 9.15 Å². The third kappa shape index (κ3) is 3.43. The standard InChI is InChI=1S/C18H21N3O3/c22-18(20-13-7-10-24-16(11-13)12-5-6-12)21-14-3-1-8-19-17(14)15-4-2-9-23-15/h1-4,8-9,12-13,16H,5-7,10-11H2,(H2,20,21,22)/t13-,16-/m0/s1. The molecule has 2 atom stereocenters. The van der Waals surface area contributed by atoms with E-state index >= 15 is 0 Å². The van der Waals surface area contributed by atoms with E-state index < -0.39 is 0 Å². The van der Waals surface area contributed by atoms with Gasteiger partial charge in [-0.05, 0) is 55.9 Å². The molecule has 0 bridgehead atoms. The number of urea groups is 1. The predicted octanol–water partition coefficient (Wildman–Crippen LogP) is 3.42. The Kier molecular flexibility index (Phi) is 4.21. The Balaban J connectivity index is 1.39. The second-order valence-electron chi connectivity index (χ2n) is 6.44. The van der Waals surface area contributed by atoms with E-state index in [1.54, 1.807) is 24.6 Å². The van der Waals surface area contributed by atoms with Crippen molar-refractivity contribution in [3.63, 3.8) is 0 Å². The fourth-order valence-corrected chi connectivity index (χ4v) is 3.22. The lowest BCUT2D eigenvalue weighted by Crippen LogP contribution is -2.44. The quantitative estimate of drug-likeness (QED) is 0.902. The van der Waals surface area contributed by atoms with Crippen LogP contribution in [0.15, 0.2) is 41.1 Å². The van der Waals surface area contributed by atoms with Gasteiger partial charge in [-0.2, -0.15) is 0 Å². The molecule has 0 unspecified atom stereocenters. The molecular weight excluding hydrogens is 306 g/mol. The molecule has 0 spiro atoms. The van der Waals surface area contributed by atoms with Crippen molar-refractivity contribution in [2.24, 2.45) is 5.92 Å². The molecular formula is C18H21N3O3. The van der Waals surface area contributed by atoms with E-state index in [1.165, 1.54) is 12.8 Å². The molecule has 2 N–H and O–H groups in total. The van der Waals surface area contributed by atoms with Crippen molar-refractivity contribution >= 4 is 11.7 Å². The summed E-state index contributed by atoms with van der Waals surface area (Å²) in [6, 6.07) is 7.18. The minimum atomic E-state index is -0.211. The number of aromatic nitrogens is 1. The van der Waals surface area contributed by atoms with Gasteiger partial charge >= 0.3 is 6.03 Å². The number of carbonyl (C=O) groups is 1. The number of pyridine rings is 1. The minimum Gasteiger partial charge on any atom is -0.463 e. The number of nitrogens with zero attached hydrogens (tertiary/aromatic N) is 1. The normalized spacial score (nSPS) is 23.7. The van der Waals surface area contributed by atoms with Crippen LogP contribution in [0.2, 0.25) is 0 Å². The summed E-state index contributed by atoms with van der Waals surface area (Å²) in [5, 5.41) is 5.96. The molecule has 1 aliphatic carbocycles. The smallest absolute Gasteiger partial charge is 0.319 e. The lowest BCUT2D eigenvalue weighted by Gasteiger charge is -2.30. The first-order valence-corrected chi connectivity index (χ1v) is 8.47. The van der Waals surface area contributed by atoms with Crippen molar-refractivity contribution in [3.05, 3.63) is 36.7 Å². The molecule has 2 aliphatic rings. The summed E-state index contributed by atoms with van der Waals surface area (Å²) in [5.41, 5.74) is 1.26. The fraction of sp³-hybridized carbons (Fsp3) is 0.444. The van der Waals surface area contributed by atoms with Crippen molar-refractivity contribution < 1.29 is 13.9 Å². The zero-order valence-corrected chi connectivity index (χ0v) is 13.4. The van der Waals surface area contributed by atoms with Crippen LogP contribution in [0.4, 0.5) is 10.5 Å². The maximum Gasteiger partial charge on any atom is 0.319 e. The van der Waals surface area contributed by atoms with E-state index in [0.717, 1.165) is 19.4 Å². The number of hydrogen-bond donors (Lipinski definition) is 2. The molecule has 0 radical (unpaired) electrons. The number of ether oxygens (including phenoxy) is 1. The summed E-state index contributed by atoms with van der Waals surface area (Å²) in [7, 11) is 0. The van der Waals surface area contributed by atoms with Crippen LogP contribution in [-0.4, -0.2) is 29.8 Å². The Morgan fingerprint density at radius 1 is 1.21 bits per heavy atom. The number of carbonyl (C=O) groups excluding carboxylic acids is 1. The molecule has 2 aromatic heterocycles. The molecule has 6 heteroatoms. The Morgan fingerprint density at radius 3 is 2.92 bits per heavy atom. The van der Waals surface area contributed by atoms with Crippen LogP contribution < -0.4 is 10.6 Å². The van der Waals surface area contributed by atoms with Crippen LogP contribution >= 0.6 is 0 Å². The molecule has 2 fully saturated rings. The van der Waals surface area contributed by atoms with Gasteiger partial charge in [0.2, 0.25) is 0 Å². The molecule has 2 amide bonds. The van der Waals surface area contributed by atoms with Crippen LogP contribution in [0.5, 0.6) is 0 Å². The number of anilines is 1. The second-order valence-corrected chi connectivity index (χ2v) is 6.44. The van der Waals surface area contributed by atoms with Crippen LogP contribution in [0, 0.1) is 5.92 Å². The van der Waals surface area contributed by atoms with E-state index in [1.807, 2.05) is 12.1 Å². The number of nitrogens with one attached hydrogen (secondary N) is 2. The lowest BCUT2D eigenvalue weighted by molar-refractivity contribution is -0.00889. The zero-order chi connectivity index (χ0) is 16.4. The van der Waals surface area contributed by atoms with Crippen LogP contribution in [0.1, 0.15) is 25.7 Å². The third-order valence-corrected chi connectivity index (χ3v) is 4.61. The van der Waals surface area contributed by atoms with E-state index in [2.05, 4.69) is 15.6 Å². The highest BCUT2D eigenvalue weighted by Crippen LogP contribution is 2.38. The molecule has 0 aromatic carbocycles. The number of furan rings is 1. The molecule has 1 saturated heterocycles. The van der Waals surface area contributed by atoms with Gasteiger partial charge in [0.25, 0.3) is 0 Å². The topological polar surface area (TPSA) is 76.4 Å². The Morgan fingerprint density at radius 2 is 2.12 bits per heavy atom. The fourth-order valence-electron chi connectivity index (χ4n) is 3.22. The first kappa shape index (κ1) is 15.2. The van der Waals surface area contributed by atoms with Gasteiger partial charge in [0.15, 0.2) is 5.76 Å². The maximum absolute atomic E-state index is 12.4. The van der Waals surface area contributed by atoms with Gasteiger partial charge in [0.1, 0.15) is 5.69 Å². The molecule has 4 rings (SSSR count). The van der Waals surface area contributed by atoms with Gasteiger partial charge < -0.3 is 19.8 Å². The van der Waals surface area contributed by atoms with Crippen molar-refractivity contribution in [2.45, 2.75) is 37.8 Å². The van der Waals surface area contributed by atoms with Crippen LogP contribution in [0.25, 0.3) is 11.5 Å². The molecule has 2 aromatic rings. The van der Waals surface area contributed by atoms with E-state index in [-0.39, 0.29) is 12.1 Å². The SMILES string of the molecule is O=C(Nc1cccnc1-c1ccco1)N[C@H]1CCO[C@H](C2CC2)C1. The Labute approximate surface area is 140 Å². The van der Waals surface area contributed by atoms with Crippen molar-refractivity contribution in [1.82, 2.24) is 10.3 Å². The van der Waals surface area contributed by atoms with Crippen LogP contribution in [0.3, 0.4) is 0 Å². The lowest BCUT2D eigenvalue weighted by atomic mass is 10.0. The van der Waals surface area contributed by atoms with Crippen molar-refractivity contribution in [2.75, 3.05) is 11.9 Å². The highest BCUT2D eigenvalue weighted by Gasteiger charge is 2.36. The average molecular weight is 327 g/mol. The summed E-state index contributed by atoms with van der Waals surface area (Å²) in [4.78, 5) is 16.7. The molecule has 24 heavy (non-hydrogen) atoms. The Hall–Kier alpha value is -2.34.